The van der Waals surface area contributed by atoms with Crippen LogP contribution in [-0.2, 0) is 9.53 Å². The Balaban J connectivity index is 1.24. The van der Waals surface area contributed by atoms with Gasteiger partial charge < -0.3 is 15.0 Å². The topological polar surface area (TPSA) is 71.5 Å². The van der Waals surface area contributed by atoms with Crippen LogP contribution in [0.4, 0.5) is 0 Å². The van der Waals surface area contributed by atoms with Crippen LogP contribution in [-0.4, -0.2) is 53.5 Å². The van der Waals surface area contributed by atoms with E-state index in [0.29, 0.717) is 37.6 Å². The largest absolute Gasteiger partial charge is 0.371 e. The second-order valence-electron chi connectivity index (χ2n) is 7.42. The maximum Gasteiger partial charge on any atom is 0.255 e. The van der Waals surface area contributed by atoms with Gasteiger partial charge in [0.05, 0.1) is 25.3 Å². The fourth-order valence-electron chi connectivity index (χ4n) is 3.67. The number of hydrogen-bond donors (Lipinski definition) is 1. The second kappa shape index (κ2) is 6.16. The summed E-state index contributed by atoms with van der Waals surface area (Å²) in [7, 11) is 0. The van der Waals surface area contributed by atoms with Crippen molar-refractivity contribution in [1.82, 2.24) is 15.2 Å². The predicted octanol–water partition coefficient (Wildman–Crippen LogP) is 1.23. The van der Waals surface area contributed by atoms with E-state index in [0.717, 1.165) is 13.0 Å². The number of nitrogens with one attached hydrogen (secondary N) is 1. The molecule has 1 unspecified atom stereocenters. The van der Waals surface area contributed by atoms with E-state index in [-0.39, 0.29) is 23.3 Å². The normalized spacial score (nSPS) is 24.7. The molecule has 3 aliphatic rings. The lowest BCUT2D eigenvalue weighted by Gasteiger charge is -2.47. The van der Waals surface area contributed by atoms with Crippen LogP contribution in [0.3, 0.4) is 0 Å². The van der Waals surface area contributed by atoms with Crippen LogP contribution < -0.4 is 5.32 Å². The van der Waals surface area contributed by atoms with Gasteiger partial charge in [-0.1, -0.05) is 0 Å². The Labute approximate surface area is 141 Å². The van der Waals surface area contributed by atoms with Gasteiger partial charge in [0.25, 0.3) is 5.91 Å². The summed E-state index contributed by atoms with van der Waals surface area (Å²) >= 11 is 0. The average molecular weight is 329 g/mol. The van der Waals surface area contributed by atoms with Crippen molar-refractivity contribution in [2.24, 2.45) is 11.8 Å². The number of amides is 2. The highest BCUT2D eigenvalue weighted by Gasteiger charge is 2.51. The number of pyridine rings is 1. The molecule has 1 saturated carbocycles. The standard InChI is InChI=1S/C18H23N3O3/c22-16(20-8-13-3-4-13)6-14-7-18(24-10-14)11-21(12-18)17(23)15-2-1-5-19-9-15/h1-2,5,9,13-14H,3-4,6-8,10-12H2,(H,20,22). The van der Waals surface area contributed by atoms with Gasteiger partial charge >= 0.3 is 0 Å². The van der Waals surface area contributed by atoms with Crippen LogP contribution in [0.5, 0.6) is 0 Å². The molecular weight excluding hydrogens is 306 g/mol. The van der Waals surface area contributed by atoms with Crippen molar-refractivity contribution < 1.29 is 14.3 Å². The van der Waals surface area contributed by atoms with E-state index < -0.39 is 0 Å². The molecular formula is C18H23N3O3. The minimum Gasteiger partial charge on any atom is -0.371 e. The molecule has 1 spiro atoms. The number of hydrogen-bond acceptors (Lipinski definition) is 4. The Morgan fingerprint density at radius 2 is 2.17 bits per heavy atom. The van der Waals surface area contributed by atoms with Crippen molar-refractivity contribution in [3.05, 3.63) is 30.1 Å². The van der Waals surface area contributed by atoms with Crippen LogP contribution in [0, 0.1) is 11.8 Å². The molecule has 3 fully saturated rings. The predicted molar refractivity (Wildman–Crippen MR) is 87.3 cm³/mol. The first-order chi connectivity index (χ1) is 11.6. The lowest BCUT2D eigenvalue weighted by molar-refractivity contribution is -0.122. The highest BCUT2D eigenvalue weighted by Crippen LogP contribution is 2.39. The van der Waals surface area contributed by atoms with Crippen molar-refractivity contribution in [2.75, 3.05) is 26.2 Å². The molecule has 1 aromatic rings. The zero-order chi connectivity index (χ0) is 16.6. The SMILES string of the molecule is O=C(CC1COC2(C1)CN(C(=O)c1cccnc1)C2)NCC1CC1. The number of ether oxygens (including phenoxy) is 1. The number of rotatable bonds is 5. The molecule has 128 valence electrons. The molecule has 24 heavy (non-hydrogen) atoms. The van der Waals surface area contributed by atoms with Crippen LogP contribution in [0.2, 0.25) is 0 Å². The summed E-state index contributed by atoms with van der Waals surface area (Å²) in [4.78, 5) is 30.1. The van der Waals surface area contributed by atoms with E-state index in [1.807, 2.05) is 0 Å². The minimum absolute atomic E-state index is 0.00273. The lowest BCUT2D eigenvalue weighted by Crippen LogP contribution is -2.63. The van der Waals surface area contributed by atoms with E-state index in [4.69, 9.17) is 4.74 Å². The van der Waals surface area contributed by atoms with Crippen LogP contribution >= 0.6 is 0 Å². The zero-order valence-electron chi connectivity index (χ0n) is 13.7. The number of nitrogens with zero attached hydrogens (tertiary/aromatic N) is 2. The fraction of sp³-hybridized carbons (Fsp3) is 0.611. The molecule has 3 heterocycles. The van der Waals surface area contributed by atoms with E-state index in [2.05, 4.69) is 10.3 Å². The van der Waals surface area contributed by atoms with Crippen LogP contribution in [0.25, 0.3) is 0 Å². The fourth-order valence-corrected chi connectivity index (χ4v) is 3.67. The lowest BCUT2D eigenvalue weighted by atomic mass is 9.85. The number of likely N-dealkylation sites (tertiary alicyclic amines) is 1. The monoisotopic (exact) mass is 329 g/mol. The van der Waals surface area contributed by atoms with Gasteiger partial charge in [-0.25, -0.2) is 0 Å². The van der Waals surface area contributed by atoms with Crippen molar-refractivity contribution >= 4 is 11.8 Å². The summed E-state index contributed by atoms with van der Waals surface area (Å²) in [6, 6.07) is 3.55. The molecule has 6 heteroatoms. The summed E-state index contributed by atoms with van der Waals surface area (Å²) in [5.74, 6) is 1.11. The van der Waals surface area contributed by atoms with Crippen molar-refractivity contribution in [3.63, 3.8) is 0 Å². The van der Waals surface area contributed by atoms with Crippen molar-refractivity contribution in [2.45, 2.75) is 31.3 Å². The molecule has 2 saturated heterocycles. The Morgan fingerprint density at radius 1 is 1.33 bits per heavy atom. The van der Waals surface area contributed by atoms with Crippen molar-refractivity contribution in [1.29, 1.82) is 0 Å². The molecule has 0 bridgehead atoms. The molecule has 2 aliphatic heterocycles. The second-order valence-corrected chi connectivity index (χ2v) is 7.42. The quantitative estimate of drug-likeness (QED) is 0.882. The van der Waals surface area contributed by atoms with Gasteiger partial charge in [0.2, 0.25) is 5.91 Å². The van der Waals surface area contributed by atoms with Crippen LogP contribution in [0.1, 0.15) is 36.0 Å². The minimum atomic E-state index is -0.237. The van der Waals surface area contributed by atoms with Crippen molar-refractivity contribution in [3.8, 4) is 0 Å². The summed E-state index contributed by atoms with van der Waals surface area (Å²) in [6.45, 7) is 2.67. The molecule has 0 aromatic carbocycles. The number of carbonyl (C=O) groups is 2. The first kappa shape index (κ1) is 15.6. The Morgan fingerprint density at radius 3 is 2.88 bits per heavy atom. The molecule has 1 aromatic heterocycles. The molecule has 1 N–H and O–H groups in total. The van der Waals surface area contributed by atoms with Gasteiger partial charge in [0.15, 0.2) is 0 Å². The summed E-state index contributed by atoms with van der Waals surface area (Å²) < 4.78 is 5.95. The Hall–Kier alpha value is -1.95. The zero-order valence-corrected chi connectivity index (χ0v) is 13.7. The highest BCUT2D eigenvalue weighted by molar-refractivity contribution is 5.94. The molecule has 0 radical (unpaired) electrons. The maximum atomic E-state index is 12.3. The third kappa shape index (κ3) is 3.29. The van der Waals surface area contributed by atoms with Gasteiger partial charge in [-0.2, -0.15) is 0 Å². The van der Waals surface area contributed by atoms with E-state index in [9.17, 15) is 9.59 Å². The van der Waals surface area contributed by atoms with Gasteiger partial charge in [0, 0.05) is 25.4 Å². The van der Waals surface area contributed by atoms with E-state index in [1.165, 1.54) is 12.8 Å². The first-order valence-electron chi connectivity index (χ1n) is 8.73. The Bertz CT molecular complexity index is 624. The van der Waals surface area contributed by atoms with Gasteiger partial charge in [-0.3, -0.25) is 14.6 Å². The third-order valence-electron chi connectivity index (χ3n) is 5.20. The highest BCUT2D eigenvalue weighted by atomic mass is 16.5. The van der Waals surface area contributed by atoms with E-state index >= 15 is 0 Å². The first-order valence-corrected chi connectivity index (χ1v) is 8.73. The van der Waals surface area contributed by atoms with Gasteiger partial charge in [0.1, 0.15) is 5.60 Å². The third-order valence-corrected chi connectivity index (χ3v) is 5.20. The van der Waals surface area contributed by atoms with E-state index in [1.54, 1.807) is 29.4 Å². The summed E-state index contributed by atoms with van der Waals surface area (Å²) in [5, 5.41) is 3.02. The molecule has 6 nitrogen and oxygen atoms in total. The number of aromatic nitrogens is 1. The van der Waals surface area contributed by atoms with Gasteiger partial charge in [-0.15, -0.1) is 0 Å². The molecule has 1 atom stereocenters. The van der Waals surface area contributed by atoms with Crippen LogP contribution in [0.15, 0.2) is 24.5 Å². The number of carbonyl (C=O) groups excluding carboxylic acids is 2. The van der Waals surface area contributed by atoms with Gasteiger partial charge in [-0.05, 0) is 43.2 Å². The summed E-state index contributed by atoms with van der Waals surface area (Å²) in [5.41, 5.74) is 0.376. The molecule has 4 rings (SSSR count). The average Bonchev–Trinajstić information content (AvgIpc) is 3.30. The molecule has 1 aliphatic carbocycles. The maximum absolute atomic E-state index is 12.3. The summed E-state index contributed by atoms with van der Waals surface area (Å²) in [6.07, 6.45) is 7.14. The smallest absolute Gasteiger partial charge is 0.255 e. The Kier molecular flexibility index (Phi) is 4.00. The molecule has 2 amide bonds.